The molecule has 0 aromatic rings. The van der Waals surface area contributed by atoms with Gasteiger partial charge in [-0.25, -0.2) is 0 Å². The number of allylic oxidation sites excluding steroid dienone is 10. The first-order valence-electron chi connectivity index (χ1n) is 10.9. The second-order valence-corrected chi connectivity index (χ2v) is 6.85. The van der Waals surface area contributed by atoms with Gasteiger partial charge in [-0.2, -0.15) is 0 Å². The Hall–Kier alpha value is -1.91. The maximum Gasteiger partial charge on any atom is 0.306 e. The Balaban J connectivity index is 3.55. The summed E-state index contributed by atoms with van der Waals surface area (Å²) in [5, 5.41) is 17.7. The third-order valence-corrected chi connectivity index (χ3v) is 4.06. The zero-order valence-corrected chi connectivity index (χ0v) is 18.0. The molecule has 0 unspecified atom stereocenters. The van der Waals surface area contributed by atoms with E-state index in [1.54, 1.807) is 0 Å². The number of carbonyl (C=O) groups is 1. The first-order valence-corrected chi connectivity index (χ1v) is 10.9. The fourth-order valence-electron chi connectivity index (χ4n) is 2.35. The molecule has 0 aromatic carbocycles. The number of aliphatic hydroxyl groups excluding tert-OH is 2. The SMILES string of the molecule is CCCCC/C=C\C/C=C\C/C=C\C/C=C\C/C=C\CCC(=O)OC[C@@H](O)CO. The van der Waals surface area contributed by atoms with Crippen LogP contribution in [0, 0.1) is 0 Å². The van der Waals surface area contributed by atoms with E-state index in [4.69, 9.17) is 14.9 Å². The minimum Gasteiger partial charge on any atom is -0.463 e. The van der Waals surface area contributed by atoms with Crippen molar-refractivity contribution < 1.29 is 19.7 Å². The summed E-state index contributed by atoms with van der Waals surface area (Å²) in [6, 6.07) is 0. The van der Waals surface area contributed by atoms with Gasteiger partial charge in [0, 0.05) is 6.42 Å². The van der Waals surface area contributed by atoms with Crippen molar-refractivity contribution in [2.24, 2.45) is 0 Å². The Bertz CT molecular complexity index is 515. The molecule has 0 aliphatic heterocycles. The van der Waals surface area contributed by atoms with Gasteiger partial charge in [0.15, 0.2) is 0 Å². The highest BCUT2D eigenvalue weighted by Gasteiger charge is 2.06. The molecule has 29 heavy (non-hydrogen) atoms. The molecule has 0 spiro atoms. The van der Waals surface area contributed by atoms with Crippen LogP contribution in [0.15, 0.2) is 60.8 Å². The quantitative estimate of drug-likeness (QED) is 0.178. The monoisotopic (exact) mass is 404 g/mol. The highest BCUT2D eigenvalue weighted by Crippen LogP contribution is 2.01. The van der Waals surface area contributed by atoms with Crippen molar-refractivity contribution in [2.75, 3.05) is 13.2 Å². The summed E-state index contributed by atoms with van der Waals surface area (Å²) in [6.45, 7) is 1.68. The number of unbranched alkanes of at least 4 members (excludes halogenated alkanes) is 3. The Labute approximate surface area is 177 Å². The molecule has 0 saturated heterocycles. The van der Waals surface area contributed by atoms with Crippen molar-refractivity contribution >= 4 is 5.97 Å². The highest BCUT2D eigenvalue weighted by atomic mass is 16.5. The second kappa shape index (κ2) is 22.4. The van der Waals surface area contributed by atoms with E-state index in [0.29, 0.717) is 6.42 Å². The van der Waals surface area contributed by atoms with Gasteiger partial charge in [-0.3, -0.25) is 4.79 Å². The Morgan fingerprint density at radius 3 is 1.76 bits per heavy atom. The number of hydrogen-bond donors (Lipinski definition) is 2. The number of rotatable bonds is 18. The summed E-state index contributed by atoms with van der Waals surface area (Å²) in [5.74, 6) is -0.361. The van der Waals surface area contributed by atoms with Crippen LogP contribution in [0.4, 0.5) is 0 Å². The lowest BCUT2D eigenvalue weighted by Crippen LogP contribution is -2.21. The molecule has 164 valence electrons. The van der Waals surface area contributed by atoms with E-state index >= 15 is 0 Å². The lowest BCUT2D eigenvalue weighted by atomic mass is 10.2. The third kappa shape index (κ3) is 22.2. The minimum absolute atomic E-state index is 0.152. The first kappa shape index (κ1) is 27.1. The summed E-state index contributed by atoms with van der Waals surface area (Å²) >= 11 is 0. The molecule has 0 radical (unpaired) electrons. The van der Waals surface area contributed by atoms with Crippen LogP contribution in [0.25, 0.3) is 0 Å². The van der Waals surface area contributed by atoms with Gasteiger partial charge >= 0.3 is 5.97 Å². The normalized spacial score (nSPS) is 13.6. The van der Waals surface area contributed by atoms with E-state index in [9.17, 15) is 4.79 Å². The summed E-state index contributed by atoms with van der Waals surface area (Å²) in [6.07, 6.45) is 30.3. The van der Waals surface area contributed by atoms with Gasteiger partial charge in [0.2, 0.25) is 0 Å². The number of ether oxygens (including phenoxy) is 1. The van der Waals surface area contributed by atoms with Crippen molar-refractivity contribution in [3.8, 4) is 0 Å². The topological polar surface area (TPSA) is 66.8 Å². The third-order valence-electron chi connectivity index (χ3n) is 4.06. The Kier molecular flexibility index (Phi) is 20.9. The number of aliphatic hydroxyl groups is 2. The standard InChI is InChI=1S/C25H40O4/c1-2-3-4-5-6-7-8-9-10-11-12-13-14-15-16-17-18-19-20-21-25(28)29-23-24(27)22-26/h6-7,9-10,12-13,15-16,18-19,24,26-27H,2-5,8,11,14,17,20-23H2,1H3/b7-6-,10-9-,13-12-,16-15-,19-18-/t24-/m0/s1. The lowest BCUT2D eigenvalue weighted by molar-refractivity contribution is -0.147. The molecule has 0 aliphatic carbocycles. The van der Waals surface area contributed by atoms with Crippen molar-refractivity contribution in [1.82, 2.24) is 0 Å². The van der Waals surface area contributed by atoms with Crippen molar-refractivity contribution in [1.29, 1.82) is 0 Å². The van der Waals surface area contributed by atoms with E-state index < -0.39 is 12.7 Å². The smallest absolute Gasteiger partial charge is 0.306 e. The van der Waals surface area contributed by atoms with E-state index in [1.807, 2.05) is 12.2 Å². The Morgan fingerprint density at radius 2 is 1.28 bits per heavy atom. The number of esters is 1. The van der Waals surface area contributed by atoms with Gasteiger partial charge in [0.25, 0.3) is 0 Å². The maximum absolute atomic E-state index is 11.4. The van der Waals surface area contributed by atoms with E-state index in [2.05, 4.69) is 55.5 Å². The van der Waals surface area contributed by atoms with Crippen LogP contribution in [0.1, 0.15) is 71.1 Å². The van der Waals surface area contributed by atoms with Gasteiger partial charge in [-0.05, 0) is 44.9 Å². The van der Waals surface area contributed by atoms with Crippen LogP contribution < -0.4 is 0 Å². The highest BCUT2D eigenvalue weighted by molar-refractivity contribution is 5.69. The van der Waals surface area contributed by atoms with E-state index in [1.165, 1.54) is 25.7 Å². The molecule has 0 fully saturated rings. The number of hydrogen-bond acceptors (Lipinski definition) is 4. The molecule has 2 N–H and O–H groups in total. The second-order valence-electron chi connectivity index (χ2n) is 6.85. The average Bonchev–Trinajstić information content (AvgIpc) is 2.73. The van der Waals surface area contributed by atoms with Crippen LogP contribution in [0.3, 0.4) is 0 Å². The molecular weight excluding hydrogens is 364 g/mol. The van der Waals surface area contributed by atoms with Gasteiger partial charge < -0.3 is 14.9 Å². The lowest BCUT2D eigenvalue weighted by Gasteiger charge is -2.07. The molecule has 0 rings (SSSR count). The minimum atomic E-state index is -0.994. The van der Waals surface area contributed by atoms with Crippen LogP contribution in [0.2, 0.25) is 0 Å². The molecule has 0 aromatic heterocycles. The van der Waals surface area contributed by atoms with Crippen LogP contribution >= 0.6 is 0 Å². The molecule has 4 heteroatoms. The van der Waals surface area contributed by atoms with Crippen LogP contribution in [-0.2, 0) is 9.53 Å². The van der Waals surface area contributed by atoms with Crippen LogP contribution in [0.5, 0.6) is 0 Å². The van der Waals surface area contributed by atoms with Gasteiger partial charge in [0.1, 0.15) is 12.7 Å². The predicted octanol–water partition coefficient (Wildman–Crippen LogP) is 5.58. The summed E-state index contributed by atoms with van der Waals surface area (Å²) in [7, 11) is 0. The molecule has 0 saturated carbocycles. The van der Waals surface area contributed by atoms with E-state index in [0.717, 1.165) is 25.7 Å². The van der Waals surface area contributed by atoms with Crippen molar-refractivity contribution in [2.45, 2.75) is 77.2 Å². The zero-order valence-electron chi connectivity index (χ0n) is 18.0. The average molecular weight is 405 g/mol. The summed E-state index contributed by atoms with van der Waals surface area (Å²) in [5.41, 5.74) is 0. The predicted molar refractivity (Wildman–Crippen MR) is 122 cm³/mol. The van der Waals surface area contributed by atoms with Crippen LogP contribution in [-0.4, -0.2) is 35.5 Å². The molecule has 0 bridgehead atoms. The van der Waals surface area contributed by atoms with E-state index in [-0.39, 0.29) is 19.0 Å². The van der Waals surface area contributed by atoms with Crippen molar-refractivity contribution in [3.63, 3.8) is 0 Å². The van der Waals surface area contributed by atoms with Crippen molar-refractivity contribution in [3.05, 3.63) is 60.8 Å². The summed E-state index contributed by atoms with van der Waals surface area (Å²) < 4.78 is 4.82. The largest absolute Gasteiger partial charge is 0.463 e. The van der Waals surface area contributed by atoms with Gasteiger partial charge in [-0.15, -0.1) is 0 Å². The fraction of sp³-hybridized carbons (Fsp3) is 0.560. The number of carbonyl (C=O) groups excluding carboxylic acids is 1. The summed E-state index contributed by atoms with van der Waals surface area (Å²) in [4.78, 5) is 11.4. The molecule has 0 amide bonds. The van der Waals surface area contributed by atoms with Gasteiger partial charge in [0.05, 0.1) is 6.61 Å². The molecule has 0 heterocycles. The molecule has 4 nitrogen and oxygen atoms in total. The van der Waals surface area contributed by atoms with Gasteiger partial charge in [-0.1, -0.05) is 80.5 Å². The fourth-order valence-corrected chi connectivity index (χ4v) is 2.35. The Morgan fingerprint density at radius 1 is 0.793 bits per heavy atom. The zero-order chi connectivity index (χ0) is 21.4. The molecule has 0 aliphatic rings. The maximum atomic E-state index is 11.4. The molecule has 1 atom stereocenters. The molecular formula is C25H40O4. The first-order chi connectivity index (χ1) is 14.2.